The van der Waals surface area contributed by atoms with E-state index in [1.54, 1.807) is 32.7 Å². The van der Waals surface area contributed by atoms with E-state index in [2.05, 4.69) is 19.6 Å². The molecule has 1 N–H and O–H groups in total. The Labute approximate surface area is 203 Å². The second-order valence-electron chi connectivity index (χ2n) is 8.29. The van der Waals surface area contributed by atoms with Crippen LogP contribution in [0.25, 0.3) is 22.2 Å². The summed E-state index contributed by atoms with van der Waals surface area (Å²) in [6.45, 7) is 1.22. The fourth-order valence-electron chi connectivity index (χ4n) is 4.47. The summed E-state index contributed by atoms with van der Waals surface area (Å²) in [7, 11) is -0.160. The minimum Gasteiger partial charge on any atom is -0.493 e. The van der Waals surface area contributed by atoms with Crippen molar-refractivity contribution in [2.75, 3.05) is 36.6 Å². The van der Waals surface area contributed by atoms with Crippen molar-refractivity contribution in [3.8, 4) is 22.8 Å². The molecule has 9 nitrogen and oxygen atoms in total. The summed E-state index contributed by atoms with van der Waals surface area (Å²) in [5, 5.41) is 0.808. The van der Waals surface area contributed by atoms with Gasteiger partial charge in [-0.3, -0.25) is 9.71 Å². The Bertz CT molecular complexity index is 1510. The first-order chi connectivity index (χ1) is 16.9. The summed E-state index contributed by atoms with van der Waals surface area (Å²) >= 11 is 0. The topological polar surface area (TPSA) is 107 Å². The Morgan fingerprint density at radius 1 is 1.06 bits per heavy atom. The number of nitrogens with zero attached hydrogens (tertiary/aromatic N) is 4. The maximum Gasteiger partial charge on any atom is 0.229 e. The van der Waals surface area contributed by atoms with Crippen LogP contribution < -0.4 is 19.1 Å². The second-order valence-corrected chi connectivity index (χ2v) is 10.0. The van der Waals surface area contributed by atoms with Gasteiger partial charge in [-0.05, 0) is 35.7 Å². The molecule has 180 valence electrons. The van der Waals surface area contributed by atoms with E-state index >= 15 is 0 Å². The van der Waals surface area contributed by atoms with Crippen molar-refractivity contribution in [2.24, 2.45) is 0 Å². The van der Waals surface area contributed by atoms with Crippen molar-refractivity contribution in [1.82, 2.24) is 15.0 Å². The zero-order chi connectivity index (χ0) is 24.6. The van der Waals surface area contributed by atoms with Gasteiger partial charge in [-0.1, -0.05) is 18.2 Å². The largest absolute Gasteiger partial charge is 0.493 e. The van der Waals surface area contributed by atoms with Crippen LogP contribution in [0.15, 0.2) is 54.9 Å². The molecular weight excluding hydrogens is 466 g/mol. The summed E-state index contributed by atoms with van der Waals surface area (Å²) < 4.78 is 37.4. The van der Waals surface area contributed by atoms with Gasteiger partial charge in [-0.25, -0.2) is 18.4 Å². The van der Waals surface area contributed by atoms with Crippen LogP contribution in [0.2, 0.25) is 0 Å². The molecule has 2 aromatic carbocycles. The molecule has 3 heterocycles. The molecule has 4 aromatic rings. The Morgan fingerprint density at radius 3 is 2.63 bits per heavy atom. The summed E-state index contributed by atoms with van der Waals surface area (Å²) in [4.78, 5) is 16.1. The van der Waals surface area contributed by atoms with Crippen molar-refractivity contribution in [3.05, 3.63) is 66.0 Å². The maximum absolute atomic E-state index is 11.8. The number of aromatic nitrogens is 3. The summed E-state index contributed by atoms with van der Waals surface area (Å²) in [5.74, 6) is 1.72. The molecule has 0 radical (unpaired) electrons. The van der Waals surface area contributed by atoms with Crippen LogP contribution in [0.3, 0.4) is 0 Å². The van der Waals surface area contributed by atoms with Gasteiger partial charge in [0.2, 0.25) is 16.0 Å². The van der Waals surface area contributed by atoms with Crippen molar-refractivity contribution < 1.29 is 17.9 Å². The van der Waals surface area contributed by atoms with E-state index < -0.39 is 10.0 Å². The predicted molar refractivity (Wildman–Crippen MR) is 136 cm³/mol. The van der Waals surface area contributed by atoms with E-state index in [1.807, 2.05) is 36.4 Å². The highest BCUT2D eigenvalue weighted by Crippen LogP contribution is 2.43. The Kier molecular flexibility index (Phi) is 5.89. The van der Waals surface area contributed by atoms with Crippen molar-refractivity contribution in [3.63, 3.8) is 0 Å². The minimum absolute atomic E-state index is 0.561. The molecule has 0 saturated carbocycles. The van der Waals surface area contributed by atoms with Crippen LogP contribution in [0.5, 0.6) is 11.5 Å². The first-order valence-electron chi connectivity index (χ1n) is 11.0. The normalized spacial score (nSPS) is 13.4. The summed E-state index contributed by atoms with van der Waals surface area (Å²) in [6, 6.07) is 13.2. The molecule has 5 rings (SSSR count). The van der Waals surface area contributed by atoms with E-state index in [1.165, 1.54) is 0 Å². The highest BCUT2D eigenvalue weighted by atomic mass is 32.2. The van der Waals surface area contributed by atoms with Crippen LogP contribution in [0.4, 0.5) is 11.6 Å². The number of pyridine rings is 1. The van der Waals surface area contributed by atoms with Crippen LogP contribution in [-0.2, 0) is 23.0 Å². The molecule has 0 fully saturated rings. The van der Waals surface area contributed by atoms with Gasteiger partial charge in [0.25, 0.3) is 0 Å². The lowest BCUT2D eigenvalue weighted by molar-refractivity contribution is 0.357. The zero-order valence-corrected chi connectivity index (χ0v) is 20.5. The number of nitrogens with one attached hydrogen (secondary N) is 1. The number of anilines is 2. The zero-order valence-electron chi connectivity index (χ0n) is 19.6. The van der Waals surface area contributed by atoms with Gasteiger partial charge in [-0.2, -0.15) is 0 Å². The molecule has 0 atom stereocenters. The van der Waals surface area contributed by atoms with Crippen LogP contribution in [-0.4, -0.2) is 50.4 Å². The van der Waals surface area contributed by atoms with Gasteiger partial charge in [0, 0.05) is 36.9 Å². The summed E-state index contributed by atoms with van der Waals surface area (Å²) in [5.41, 5.74) is 4.89. The molecule has 2 aromatic heterocycles. The van der Waals surface area contributed by atoms with E-state index in [9.17, 15) is 8.42 Å². The van der Waals surface area contributed by atoms with Crippen molar-refractivity contribution in [1.29, 1.82) is 0 Å². The first-order valence-corrected chi connectivity index (χ1v) is 12.9. The smallest absolute Gasteiger partial charge is 0.229 e. The third kappa shape index (κ3) is 4.44. The molecule has 1 aliphatic rings. The number of hydrogen-bond acceptors (Lipinski definition) is 8. The minimum atomic E-state index is -3.36. The molecule has 10 heteroatoms. The number of benzene rings is 2. The molecular formula is C25H25N5O4S. The molecule has 0 aliphatic carbocycles. The second kappa shape index (κ2) is 9.03. The highest BCUT2D eigenvalue weighted by Gasteiger charge is 2.24. The van der Waals surface area contributed by atoms with Gasteiger partial charge < -0.3 is 14.4 Å². The summed E-state index contributed by atoms with van der Waals surface area (Å²) in [6.07, 6.45) is 5.35. The average Bonchev–Trinajstić information content (AvgIpc) is 2.86. The number of sulfonamides is 1. The van der Waals surface area contributed by atoms with Gasteiger partial charge in [-0.15, -0.1) is 0 Å². The van der Waals surface area contributed by atoms with Gasteiger partial charge in [0.1, 0.15) is 0 Å². The third-order valence-electron chi connectivity index (χ3n) is 5.98. The number of rotatable bonds is 6. The standard InChI is InChI=1S/C25H25N5O4S/c1-33-22-13-21-18(23(24(22)34-2)20-8-4-5-11-26-20)14-27-25(28-21)30-12-10-17-16(15-30)7-6-9-19(17)29-35(3,31)32/h4-9,11,13-14,29H,10,12,15H2,1-3H3. The number of hydrogen-bond donors (Lipinski definition) is 1. The average molecular weight is 492 g/mol. The van der Waals surface area contributed by atoms with E-state index in [4.69, 9.17) is 14.5 Å². The molecule has 0 amide bonds. The van der Waals surface area contributed by atoms with E-state index in [0.29, 0.717) is 48.2 Å². The SMILES string of the molecule is COc1cc2nc(N3CCc4c(cccc4NS(C)(=O)=O)C3)ncc2c(-c2ccccn2)c1OC. The van der Waals surface area contributed by atoms with Crippen molar-refractivity contribution in [2.45, 2.75) is 13.0 Å². The Hall–Kier alpha value is -3.92. The van der Waals surface area contributed by atoms with Crippen LogP contribution in [0, 0.1) is 0 Å². The molecule has 35 heavy (non-hydrogen) atoms. The molecule has 0 bridgehead atoms. The lowest BCUT2D eigenvalue weighted by Crippen LogP contribution is -2.32. The Morgan fingerprint density at radius 2 is 1.91 bits per heavy atom. The monoisotopic (exact) mass is 491 g/mol. The Balaban J connectivity index is 1.56. The molecule has 0 unspecified atom stereocenters. The third-order valence-corrected chi connectivity index (χ3v) is 6.57. The lowest BCUT2D eigenvalue weighted by Gasteiger charge is -2.30. The lowest BCUT2D eigenvalue weighted by atomic mass is 9.98. The predicted octanol–water partition coefficient (Wildman–Crippen LogP) is 3.64. The van der Waals surface area contributed by atoms with Crippen molar-refractivity contribution >= 4 is 32.6 Å². The molecule has 1 aliphatic heterocycles. The first kappa shape index (κ1) is 22.9. The maximum atomic E-state index is 11.8. The quantitative estimate of drug-likeness (QED) is 0.436. The molecule has 0 saturated heterocycles. The van der Waals surface area contributed by atoms with E-state index in [0.717, 1.165) is 34.0 Å². The number of fused-ring (bicyclic) bond motifs is 2. The number of ether oxygens (including phenoxy) is 2. The molecule has 0 spiro atoms. The van der Waals surface area contributed by atoms with Gasteiger partial charge in [0.05, 0.1) is 42.9 Å². The van der Waals surface area contributed by atoms with Gasteiger partial charge in [0.15, 0.2) is 11.5 Å². The van der Waals surface area contributed by atoms with Gasteiger partial charge >= 0.3 is 0 Å². The van der Waals surface area contributed by atoms with E-state index in [-0.39, 0.29) is 0 Å². The fourth-order valence-corrected chi connectivity index (χ4v) is 5.06. The highest BCUT2D eigenvalue weighted by molar-refractivity contribution is 7.92. The number of methoxy groups -OCH3 is 2. The van der Waals surface area contributed by atoms with Crippen LogP contribution >= 0.6 is 0 Å². The fraction of sp³-hybridized carbons (Fsp3) is 0.240. The van der Waals surface area contributed by atoms with Crippen LogP contribution in [0.1, 0.15) is 11.1 Å².